The second-order valence-corrected chi connectivity index (χ2v) is 6.26. The van der Waals surface area contributed by atoms with Crippen LogP contribution in [0.2, 0.25) is 0 Å². The lowest BCUT2D eigenvalue weighted by Gasteiger charge is -2.30. The summed E-state index contributed by atoms with van der Waals surface area (Å²) in [7, 11) is 0. The molecule has 0 bridgehead atoms. The first-order chi connectivity index (χ1) is 8.65. The van der Waals surface area contributed by atoms with Gasteiger partial charge in [0.05, 0.1) is 12.5 Å². The fourth-order valence-electron chi connectivity index (χ4n) is 2.94. The Morgan fingerprint density at radius 2 is 2.17 bits per heavy atom. The number of nitrogens with zero attached hydrogens (tertiary/aromatic N) is 1. The zero-order valence-corrected chi connectivity index (χ0v) is 12.0. The molecule has 1 saturated carbocycles. The minimum Gasteiger partial charge on any atom is -0.303 e. The second kappa shape index (κ2) is 6.06. The van der Waals surface area contributed by atoms with E-state index in [0.29, 0.717) is 24.3 Å². The number of rotatable bonds is 4. The standard InChI is InChI=1S/C13H22N2O2S/c1-3-15-12(16)8-11(13(15)17)14-9-5-4-6-10(7-9)18-2/h9-11,14H,3-8H2,1-2H3. The van der Waals surface area contributed by atoms with Gasteiger partial charge < -0.3 is 5.32 Å². The summed E-state index contributed by atoms with van der Waals surface area (Å²) >= 11 is 1.91. The fourth-order valence-corrected chi connectivity index (χ4v) is 3.77. The van der Waals surface area contributed by atoms with Crippen LogP contribution in [0.25, 0.3) is 0 Å². The van der Waals surface area contributed by atoms with Gasteiger partial charge in [-0.05, 0) is 32.4 Å². The minimum atomic E-state index is -0.275. The van der Waals surface area contributed by atoms with Gasteiger partial charge in [-0.3, -0.25) is 14.5 Å². The summed E-state index contributed by atoms with van der Waals surface area (Å²) in [5.41, 5.74) is 0. The van der Waals surface area contributed by atoms with Gasteiger partial charge in [0.25, 0.3) is 0 Å². The zero-order valence-electron chi connectivity index (χ0n) is 11.1. The summed E-state index contributed by atoms with van der Waals surface area (Å²) in [4.78, 5) is 25.0. The van der Waals surface area contributed by atoms with Crippen molar-refractivity contribution in [2.75, 3.05) is 12.8 Å². The lowest BCUT2D eigenvalue weighted by Crippen LogP contribution is -2.45. The molecule has 2 fully saturated rings. The Bertz CT molecular complexity index is 335. The summed E-state index contributed by atoms with van der Waals surface area (Å²) in [6.45, 7) is 2.34. The normalized spacial score (nSPS) is 33.2. The maximum absolute atomic E-state index is 12.0. The van der Waals surface area contributed by atoms with Gasteiger partial charge in [-0.2, -0.15) is 11.8 Å². The number of hydrogen-bond acceptors (Lipinski definition) is 4. The van der Waals surface area contributed by atoms with Crippen LogP contribution in [0, 0.1) is 0 Å². The van der Waals surface area contributed by atoms with Crippen molar-refractivity contribution in [3.8, 4) is 0 Å². The third kappa shape index (κ3) is 2.88. The molecule has 1 heterocycles. The summed E-state index contributed by atoms with van der Waals surface area (Å²) in [6, 6.07) is 0.123. The molecule has 3 atom stereocenters. The SMILES string of the molecule is CCN1C(=O)CC(NC2CCCC(SC)C2)C1=O. The quantitative estimate of drug-likeness (QED) is 0.785. The molecule has 2 rings (SSSR count). The molecule has 18 heavy (non-hydrogen) atoms. The van der Waals surface area contributed by atoms with Crippen LogP contribution in [-0.4, -0.2) is 46.8 Å². The van der Waals surface area contributed by atoms with Crippen molar-refractivity contribution in [2.24, 2.45) is 0 Å². The first-order valence-corrected chi connectivity index (χ1v) is 8.07. The molecule has 2 aliphatic rings. The molecule has 0 radical (unpaired) electrons. The number of amides is 2. The average Bonchev–Trinajstić information content (AvgIpc) is 2.64. The topological polar surface area (TPSA) is 49.4 Å². The monoisotopic (exact) mass is 270 g/mol. The molecule has 1 aliphatic carbocycles. The molecule has 102 valence electrons. The molecule has 4 nitrogen and oxygen atoms in total. The number of likely N-dealkylation sites (N-methyl/N-ethyl adjacent to an activating group) is 1. The second-order valence-electron chi connectivity index (χ2n) is 5.12. The van der Waals surface area contributed by atoms with Crippen LogP contribution in [0.5, 0.6) is 0 Å². The molecule has 2 amide bonds. The van der Waals surface area contributed by atoms with E-state index in [4.69, 9.17) is 0 Å². The van der Waals surface area contributed by atoms with Crippen LogP contribution in [0.3, 0.4) is 0 Å². The maximum Gasteiger partial charge on any atom is 0.246 e. The highest BCUT2D eigenvalue weighted by atomic mass is 32.2. The van der Waals surface area contributed by atoms with Gasteiger partial charge in [0, 0.05) is 17.8 Å². The molecular formula is C13H22N2O2S. The van der Waals surface area contributed by atoms with Crippen molar-refractivity contribution in [2.45, 2.75) is 56.4 Å². The van der Waals surface area contributed by atoms with Crippen LogP contribution in [0.4, 0.5) is 0 Å². The van der Waals surface area contributed by atoms with Gasteiger partial charge in [-0.25, -0.2) is 0 Å². The number of carbonyl (C=O) groups excluding carboxylic acids is 2. The molecule has 1 N–H and O–H groups in total. The van der Waals surface area contributed by atoms with Gasteiger partial charge >= 0.3 is 0 Å². The van der Waals surface area contributed by atoms with E-state index < -0.39 is 0 Å². The van der Waals surface area contributed by atoms with Gasteiger partial charge in [-0.1, -0.05) is 6.42 Å². The molecule has 0 aromatic carbocycles. The van der Waals surface area contributed by atoms with E-state index >= 15 is 0 Å². The molecular weight excluding hydrogens is 248 g/mol. The van der Waals surface area contributed by atoms with Crippen LogP contribution in [0.15, 0.2) is 0 Å². The van der Waals surface area contributed by atoms with E-state index in [1.54, 1.807) is 0 Å². The Morgan fingerprint density at radius 3 is 2.78 bits per heavy atom. The van der Waals surface area contributed by atoms with Crippen molar-refractivity contribution in [1.29, 1.82) is 0 Å². The summed E-state index contributed by atoms with van der Waals surface area (Å²) in [6.07, 6.45) is 7.23. The number of thioether (sulfide) groups is 1. The molecule has 0 aromatic rings. The third-order valence-electron chi connectivity index (χ3n) is 3.96. The highest BCUT2D eigenvalue weighted by Crippen LogP contribution is 2.28. The molecule has 1 aliphatic heterocycles. The lowest BCUT2D eigenvalue weighted by molar-refractivity contribution is -0.138. The predicted octanol–water partition coefficient (Wildman–Crippen LogP) is 1.40. The molecule has 0 aromatic heterocycles. The number of hydrogen-bond donors (Lipinski definition) is 1. The van der Waals surface area contributed by atoms with Crippen molar-refractivity contribution >= 4 is 23.6 Å². The molecule has 0 spiro atoms. The van der Waals surface area contributed by atoms with E-state index in [0.717, 1.165) is 12.8 Å². The average molecular weight is 270 g/mol. The van der Waals surface area contributed by atoms with E-state index in [1.807, 2.05) is 18.7 Å². The number of carbonyl (C=O) groups is 2. The Balaban J connectivity index is 1.90. The van der Waals surface area contributed by atoms with Crippen molar-refractivity contribution in [3.63, 3.8) is 0 Å². The van der Waals surface area contributed by atoms with Gasteiger partial charge in [0.2, 0.25) is 11.8 Å². The molecule has 5 heteroatoms. The number of nitrogens with one attached hydrogen (secondary N) is 1. The van der Waals surface area contributed by atoms with Gasteiger partial charge in [0.1, 0.15) is 0 Å². The fraction of sp³-hybridized carbons (Fsp3) is 0.846. The summed E-state index contributed by atoms with van der Waals surface area (Å²) < 4.78 is 0. The Kier molecular flexibility index (Phi) is 4.67. The first-order valence-electron chi connectivity index (χ1n) is 6.78. The maximum atomic E-state index is 12.0. The Morgan fingerprint density at radius 1 is 1.39 bits per heavy atom. The number of likely N-dealkylation sites (tertiary alicyclic amines) is 1. The third-order valence-corrected chi connectivity index (χ3v) is 5.05. The van der Waals surface area contributed by atoms with Gasteiger partial charge in [-0.15, -0.1) is 0 Å². The van der Waals surface area contributed by atoms with Crippen LogP contribution < -0.4 is 5.32 Å². The lowest BCUT2D eigenvalue weighted by atomic mass is 9.94. The smallest absolute Gasteiger partial charge is 0.246 e. The zero-order chi connectivity index (χ0) is 13.1. The molecule has 1 saturated heterocycles. The summed E-state index contributed by atoms with van der Waals surface area (Å²) in [5, 5.41) is 4.10. The largest absolute Gasteiger partial charge is 0.303 e. The first kappa shape index (κ1) is 13.9. The van der Waals surface area contributed by atoms with Crippen LogP contribution in [-0.2, 0) is 9.59 Å². The van der Waals surface area contributed by atoms with Crippen LogP contribution >= 0.6 is 11.8 Å². The van der Waals surface area contributed by atoms with E-state index in [2.05, 4.69) is 11.6 Å². The van der Waals surface area contributed by atoms with Gasteiger partial charge in [0.15, 0.2) is 0 Å². The number of imide groups is 1. The van der Waals surface area contributed by atoms with E-state index in [9.17, 15) is 9.59 Å². The van der Waals surface area contributed by atoms with Crippen LogP contribution in [0.1, 0.15) is 39.0 Å². The van der Waals surface area contributed by atoms with Crippen molar-refractivity contribution < 1.29 is 9.59 Å². The van der Waals surface area contributed by atoms with Crippen molar-refractivity contribution in [1.82, 2.24) is 10.2 Å². The minimum absolute atomic E-state index is 0.0303. The molecule has 3 unspecified atom stereocenters. The predicted molar refractivity (Wildman–Crippen MR) is 73.5 cm³/mol. The highest BCUT2D eigenvalue weighted by molar-refractivity contribution is 7.99. The van der Waals surface area contributed by atoms with E-state index in [1.165, 1.54) is 17.7 Å². The summed E-state index contributed by atoms with van der Waals surface area (Å²) in [5.74, 6) is -0.0639. The Hall–Kier alpha value is -0.550. The van der Waals surface area contributed by atoms with Crippen molar-refractivity contribution in [3.05, 3.63) is 0 Å². The highest BCUT2D eigenvalue weighted by Gasteiger charge is 2.38. The Labute approximate surface area is 113 Å². The van der Waals surface area contributed by atoms with E-state index in [-0.39, 0.29) is 17.9 Å².